The van der Waals surface area contributed by atoms with Gasteiger partial charge in [0.25, 0.3) is 11.9 Å². The van der Waals surface area contributed by atoms with Crippen LogP contribution in [0.3, 0.4) is 0 Å². The van der Waals surface area contributed by atoms with Crippen molar-refractivity contribution in [2.24, 2.45) is 7.05 Å². The molecule has 8 heteroatoms. The summed E-state index contributed by atoms with van der Waals surface area (Å²) in [5, 5.41) is 12.4. The van der Waals surface area contributed by atoms with Crippen molar-refractivity contribution < 1.29 is 9.53 Å². The summed E-state index contributed by atoms with van der Waals surface area (Å²) >= 11 is 6.08. The standard InChI is InChI=1S/C18H14ClN5O2/c1-24-13-8-7-10(19)9-12(13)15-16(24)20-18(23-22-15)21-17(25)11-5-3-4-6-14(11)26-2/h3-9H,1-2H3,(H,20,21,23,25). The first kappa shape index (κ1) is 16.3. The number of carbonyl (C=O) groups is 1. The molecule has 4 aromatic rings. The van der Waals surface area contributed by atoms with Gasteiger partial charge in [0.1, 0.15) is 11.3 Å². The highest BCUT2D eigenvalue weighted by atomic mass is 35.5. The van der Waals surface area contributed by atoms with Crippen molar-refractivity contribution >= 4 is 45.5 Å². The Balaban J connectivity index is 1.75. The summed E-state index contributed by atoms with van der Waals surface area (Å²) in [6, 6.07) is 12.5. The van der Waals surface area contributed by atoms with E-state index < -0.39 is 0 Å². The van der Waals surface area contributed by atoms with E-state index in [-0.39, 0.29) is 11.9 Å². The molecule has 4 rings (SSSR count). The van der Waals surface area contributed by atoms with Crippen molar-refractivity contribution in [1.29, 1.82) is 0 Å². The number of ether oxygens (including phenoxy) is 1. The smallest absolute Gasteiger partial charge is 0.261 e. The Morgan fingerprint density at radius 1 is 1.19 bits per heavy atom. The van der Waals surface area contributed by atoms with E-state index in [4.69, 9.17) is 16.3 Å². The molecule has 130 valence electrons. The lowest BCUT2D eigenvalue weighted by Crippen LogP contribution is -2.15. The maximum absolute atomic E-state index is 12.5. The van der Waals surface area contributed by atoms with Gasteiger partial charge in [-0.2, -0.15) is 4.98 Å². The lowest BCUT2D eigenvalue weighted by Gasteiger charge is -2.07. The Labute approximate surface area is 153 Å². The first-order chi connectivity index (χ1) is 12.6. The fraction of sp³-hybridized carbons (Fsp3) is 0.111. The summed E-state index contributed by atoms with van der Waals surface area (Å²) in [4.78, 5) is 16.9. The molecular formula is C18H14ClN5O2. The van der Waals surface area contributed by atoms with E-state index >= 15 is 0 Å². The fourth-order valence-corrected chi connectivity index (χ4v) is 3.06. The van der Waals surface area contributed by atoms with E-state index in [1.807, 2.05) is 23.7 Å². The van der Waals surface area contributed by atoms with Crippen LogP contribution in [0.5, 0.6) is 5.75 Å². The van der Waals surface area contributed by atoms with Crippen LogP contribution < -0.4 is 10.1 Å². The number of nitrogens with zero attached hydrogens (tertiary/aromatic N) is 4. The number of amides is 1. The van der Waals surface area contributed by atoms with Gasteiger partial charge in [-0.25, -0.2) is 0 Å². The lowest BCUT2D eigenvalue weighted by atomic mass is 10.2. The van der Waals surface area contributed by atoms with Gasteiger partial charge in [-0.3, -0.25) is 10.1 Å². The molecule has 0 atom stereocenters. The number of hydrogen-bond acceptors (Lipinski definition) is 5. The molecule has 0 fully saturated rings. The van der Waals surface area contributed by atoms with Crippen molar-refractivity contribution in [3.63, 3.8) is 0 Å². The second-order valence-corrected chi connectivity index (χ2v) is 6.12. The predicted octanol–water partition coefficient (Wildman–Crippen LogP) is 3.43. The van der Waals surface area contributed by atoms with Gasteiger partial charge in [0, 0.05) is 17.5 Å². The van der Waals surface area contributed by atoms with Crippen LogP contribution >= 0.6 is 11.6 Å². The average molecular weight is 368 g/mol. The van der Waals surface area contributed by atoms with Gasteiger partial charge in [-0.15, -0.1) is 10.2 Å². The van der Waals surface area contributed by atoms with Gasteiger partial charge >= 0.3 is 0 Å². The Bertz CT molecular complexity index is 1160. The van der Waals surface area contributed by atoms with Crippen LogP contribution in [0.15, 0.2) is 42.5 Å². The van der Waals surface area contributed by atoms with Crippen molar-refractivity contribution in [1.82, 2.24) is 19.7 Å². The van der Waals surface area contributed by atoms with Gasteiger partial charge in [-0.05, 0) is 30.3 Å². The monoisotopic (exact) mass is 367 g/mol. The largest absolute Gasteiger partial charge is 0.496 e. The second kappa shape index (κ2) is 6.27. The van der Waals surface area contributed by atoms with Crippen molar-refractivity contribution in [2.45, 2.75) is 0 Å². The van der Waals surface area contributed by atoms with E-state index in [2.05, 4.69) is 20.5 Å². The zero-order chi connectivity index (χ0) is 18.3. The minimum atomic E-state index is -0.370. The molecule has 1 N–H and O–H groups in total. The Morgan fingerprint density at radius 3 is 2.81 bits per heavy atom. The molecule has 0 aliphatic carbocycles. The van der Waals surface area contributed by atoms with E-state index in [0.29, 0.717) is 27.5 Å². The number of nitrogens with one attached hydrogen (secondary N) is 1. The molecular weight excluding hydrogens is 354 g/mol. The molecule has 0 unspecified atom stereocenters. The highest BCUT2D eigenvalue weighted by molar-refractivity contribution is 6.31. The second-order valence-electron chi connectivity index (χ2n) is 5.68. The summed E-state index contributed by atoms with van der Waals surface area (Å²) in [6.45, 7) is 0. The van der Waals surface area contributed by atoms with Crippen LogP contribution in [0.4, 0.5) is 5.95 Å². The normalized spacial score (nSPS) is 11.0. The molecule has 1 amide bonds. The number of aryl methyl sites for hydroxylation is 1. The van der Waals surface area contributed by atoms with E-state index in [1.165, 1.54) is 7.11 Å². The van der Waals surface area contributed by atoms with Crippen LogP contribution in [-0.2, 0) is 7.05 Å². The van der Waals surface area contributed by atoms with E-state index in [9.17, 15) is 4.79 Å². The number of hydrogen-bond donors (Lipinski definition) is 1. The van der Waals surface area contributed by atoms with Crippen LogP contribution in [0.25, 0.3) is 22.1 Å². The number of rotatable bonds is 3. The fourth-order valence-electron chi connectivity index (χ4n) is 2.88. The van der Waals surface area contributed by atoms with Crippen LogP contribution in [0.1, 0.15) is 10.4 Å². The molecule has 7 nitrogen and oxygen atoms in total. The maximum atomic E-state index is 12.5. The summed E-state index contributed by atoms with van der Waals surface area (Å²) in [7, 11) is 3.38. The van der Waals surface area contributed by atoms with Gasteiger partial charge in [0.05, 0.1) is 18.2 Å². The number of halogens is 1. The molecule has 0 saturated carbocycles. The SMILES string of the molecule is COc1ccccc1C(=O)Nc1nnc2c3cc(Cl)ccc3n(C)c2n1. The molecule has 26 heavy (non-hydrogen) atoms. The van der Waals surface area contributed by atoms with Crippen LogP contribution in [0, 0.1) is 0 Å². The number of benzene rings is 2. The molecule has 2 aromatic carbocycles. The highest BCUT2D eigenvalue weighted by Crippen LogP contribution is 2.28. The first-order valence-electron chi connectivity index (χ1n) is 7.81. The molecule has 2 aromatic heterocycles. The number of para-hydroxylation sites is 1. The van der Waals surface area contributed by atoms with Crippen molar-refractivity contribution in [3.05, 3.63) is 53.1 Å². The van der Waals surface area contributed by atoms with E-state index in [1.54, 1.807) is 30.3 Å². The molecule has 0 saturated heterocycles. The Hall–Kier alpha value is -3.19. The topological polar surface area (TPSA) is 81.9 Å². The molecule has 0 radical (unpaired) electrons. The van der Waals surface area contributed by atoms with Crippen molar-refractivity contribution in [3.8, 4) is 5.75 Å². The quantitative estimate of drug-likeness (QED) is 0.600. The van der Waals surface area contributed by atoms with Gasteiger partial charge < -0.3 is 9.30 Å². The van der Waals surface area contributed by atoms with E-state index in [0.717, 1.165) is 10.9 Å². The number of aromatic nitrogens is 4. The molecule has 0 bridgehead atoms. The zero-order valence-corrected chi connectivity index (χ0v) is 14.8. The van der Waals surface area contributed by atoms with Gasteiger partial charge in [-0.1, -0.05) is 23.7 Å². The third kappa shape index (κ3) is 2.62. The number of anilines is 1. The summed E-state index contributed by atoms with van der Waals surface area (Å²) in [5.41, 5.74) is 2.55. The average Bonchev–Trinajstić information content (AvgIpc) is 2.93. The van der Waals surface area contributed by atoms with Crippen LogP contribution in [0.2, 0.25) is 5.02 Å². The molecule has 2 heterocycles. The summed E-state index contributed by atoms with van der Waals surface area (Å²) in [6.07, 6.45) is 0. The van der Waals surface area contributed by atoms with Gasteiger partial charge in [0.15, 0.2) is 5.65 Å². The molecule has 0 aliphatic rings. The Morgan fingerprint density at radius 2 is 2.00 bits per heavy atom. The Kier molecular flexibility index (Phi) is 3.93. The zero-order valence-electron chi connectivity index (χ0n) is 14.0. The minimum Gasteiger partial charge on any atom is -0.496 e. The van der Waals surface area contributed by atoms with Crippen molar-refractivity contribution in [2.75, 3.05) is 12.4 Å². The highest BCUT2D eigenvalue weighted by Gasteiger charge is 2.16. The minimum absolute atomic E-state index is 0.116. The maximum Gasteiger partial charge on any atom is 0.261 e. The summed E-state index contributed by atoms with van der Waals surface area (Å²) in [5.74, 6) is 0.217. The predicted molar refractivity (Wildman–Crippen MR) is 99.8 cm³/mol. The number of methoxy groups -OCH3 is 1. The molecule has 0 spiro atoms. The van der Waals surface area contributed by atoms with Gasteiger partial charge in [0.2, 0.25) is 0 Å². The first-order valence-corrected chi connectivity index (χ1v) is 8.19. The lowest BCUT2D eigenvalue weighted by molar-refractivity contribution is 0.102. The summed E-state index contributed by atoms with van der Waals surface area (Å²) < 4.78 is 7.09. The third-order valence-electron chi connectivity index (χ3n) is 4.14. The number of fused-ring (bicyclic) bond motifs is 3. The number of carbonyl (C=O) groups excluding carboxylic acids is 1. The third-order valence-corrected chi connectivity index (χ3v) is 4.37. The molecule has 0 aliphatic heterocycles. The van der Waals surface area contributed by atoms with Crippen LogP contribution in [-0.4, -0.2) is 32.8 Å².